The molecule has 20 heavy (non-hydrogen) atoms. The molecular formula is C14H9BrF2N2S. The lowest BCUT2D eigenvalue weighted by Crippen LogP contribution is -2.00. The van der Waals surface area contributed by atoms with Crippen LogP contribution in [0, 0.1) is 16.4 Å². The van der Waals surface area contributed by atoms with Crippen molar-refractivity contribution < 1.29 is 8.78 Å². The van der Waals surface area contributed by atoms with E-state index in [0.717, 1.165) is 11.1 Å². The zero-order valence-corrected chi connectivity index (χ0v) is 12.6. The second kappa shape index (κ2) is 5.10. The molecule has 3 aromatic rings. The van der Waals surface area contributed by atoms with E-state index in [0.29, 0.717) is 21.3 Å². The third kappa shape index (κ3) is 2.41. The molecule has 1 heterocycles. The number of aromatic amines is 1. The van der Waals surface area contributed by atoms with Crippen molar-refractivity contribution in [1.29, 1.82) is 0 Å². The molecule has 102 valence electrons. The minimum Gasteiger partial charge on any atom is -0.331 e. The smallest absolute Gasteiger partial charge is 0.178 e. The van der Waals surface area contributed by atoms with E-state index in [4.69, 9.17) is 12.2 Å². The van der Waals surface area contributed by atoms with Crippen LogP contribution in [0.2, 0.25) is 0 Å². The molecule has 2 nitrogen and oxygen atoms in total. The minimum atomic E-state index is -0.362. The zero-order valence-electron chi connectivity index (χ0n) is 10.2. The maximum absolute atomic E-state index is 13.7. The normalized spacial score (nSPS) is 11.2. The molecule has 1 aromatic heterocycles. The fraction of sp³-hybridized carbons (Fsp3) is 0.0714. The van der Waals surface area contributed by atoms with E-state index in [2.05, 4.69) is 20.9 Å². The van der Waals surface area contributed by atoms with Crippen LogP contribution >= 0.6 is 28.1 Å². The number of fused-ring (bicyclic) bond motifs is 1. The Morgan fingerprint density at radius 1 is 1.20 bits per heavy atom. The average molecular weight is 355 g/mol. The van der Waals surface area contributed by atoms with Gasteiger partial charge in [-0.1, -0.05) is 12.1 Å². The zero-order chi connectivity index (χ0) is 14.3. The molecule has 0 aliphatic carbocycles. The van der Waals surface area contributed by atoms with Crippen LogP contribution in [0.25, 0.3) is 11.0 Å². The second-order valence-electron chi connectivity index (χ2n) is 4.43. The lowest BCUT2D eigenvalue weighted by Gasteiger charge is -2.05. The van der Waals surface area contributed by atoms with Gasteiger partial charge in [-0.05, 0) is 51.9 Å². The van der Waals surface area contributed by atoms with E-state index in [9.17, 15) is 8.78 Å². The average Bonchev–Trinajstić information content (AvgIpc) is 2.67. The Morgan fingerprint density at radius 3 is 2.75 bits per heavy atom. The summed E-state index contributed by atoms with van der Waals surface area (Å²) >= 11 is 8.39. The van der Waals surface area contributed by atoms with Crippen LogP contribution in [0.1, 0.15) is 5.56 Å². The van der Waals surface area contributed by atoms with Crippen molar-refractivity contribution in [2.75, 3.05) is 0 Å². The number of hydrogen-bond donors (Lipinski definition) is 1. The van der Waals surface area contributed by atoms with E-state index < -0.39 is 0 Å². The van der Waals surface area contributed by atoms with Crippen LogP contribution in [0.5, 0.6) is 0 Å². The Hall–Kier alpha value is -1.53. The number of rotatable bonds is 2. The van der Waals surface area contributed by atoms with Crippen molar-refractivity contribution in [1.82, 2.24) is 9.55 Å². The van der Waals surface area contributed by atoms with Crippen molar-refractivity contribution >= 4 is 39.2 Å². The lowest BCUT2D eigenvalue weighted by molar-refractivity contribution is 0.620. The number of nitrogens with zero attached hydrogens (tertiary/aromatic N) is 1. The Morgan fingerprint density at radius 2 is 2.00 bits per heavy atom. The van der Waals surface area contributed by atoms with Crippen molar-refractivity contribution in [2.24, 2.45) is 0 Å². The van der Waals surface area contributed by atoms with E-state index in [1.807, 2.05) is 0 Å². The van der Waals surface area contributed by atoms with Crippen molar-refractivity contribution in [3.63, 3.8) is 0 Å². The number of hydrogen-bond acceptors (Lipinski definition) is 1. The fourth-order valence-electron chi connectivity index (χ4n) is 2.13. The van der Waals surface area contributed by atoms with Crippen molar-refractivity contribution in [3.05, 3.63) is 62.8 Å². The quantitative estimate of drug-likeness (QED) is 0.656. The molecule has 0 spiro atoms. The van der Waals surface area contributed by atoms with Gasteiger partial charge < -0.3 is 9.55 Å². The SMILES string of the molecule is Fc1cccc(Cn2c(=S)[nH]c3cc(Br)c(F)cc32)c1. The van der Waals surface area contributed by atoms with Gasteiger partial charge in [0.25, 0.3) is 0 Å². The summed E-state index contributed by atoms with van der Waals surface area (Å²) in [4.78, 5) is 3.02. The predicted molar refractivity (Wildman–Crippen MR) is 80.3 cm³/mol. The molecule has 0 saturated carbocycles. The molecule has 0 unspecified atom stereocenters. The monoisotopic (exact) mass is 354 g/mol. The molecular weight excluding hydrogens is 346 g/mol. The topological polar surface area (TPSA) is 20.7 Å². The number of nitrogens with one attached hydrogen (secondary N) is 1. The Balaban J connectivity index is 2.14. The van der Waals surface area contributed by atoms with Gasteiger partial charge in [0.05, 0.1) is 22.1 Å². The van der Waals surface area contributed by atoms with Gasteiger partial charge in [-0.3, -0.25) is 0 Å². The maximum Gasteiger partial charge on any atom is 0.178 e. The lowest BCUT2D eigenvalue weighted by atomic mass is 10.2. The first-order valence-electron chi connectivity index (χ1n) is 5.86. The van der Waals surface area contributed by atoms with Gasteiger partial charge >= 0.3 is 0 Å². The van der Waals surface area contributed by atoms with E-state index >= 15 is 0 Å². The second-order valence-corrected chi connectivity index (χ2v) is 5.67. The van der Waals surface area contributed by atoms with Crippen LogP contribution < -0.4 is 0 Å². The summed E-state index contributed by atoms with van der Waals surface area (Å²) in [6, 6.07) is 9.32. The van der Waals surface area contributed by atoms with Gasteiger partial charge in [-0.25, -0.2) is 8.78 Å². The highest BCUT2D eigenvalue weighted by molar-refractivity contribution is 9.10. The summed E-state index contributed by atoms with van der Waals surface area (Å²) in [5.41, 5.74) is 2.16. The largest absolute Gasteiger partial charge is 0.331 e. The van der Waals surface area contributed by atoms with Crippen molar-refractivity contribution in [3.8, 4) is 0 Å². The molecule has 0 aliphatic rings. The highest BCUT2D eigenvalue weighted by Crippen LogP contribution is 2.24. The number of halogens is 3. The molecule has 6 heteroatoms. The first-order chi connectivity index (χ1) is 9.54. The van der Waals surface area contributed by atoms with Gasteiger partial charge in [-0.2, -0.15) is 0 Å². The van der Waals surface area contributed by atoms with E-state index in [1.54, 1.807) is 22.8 Å². The van der Waals surface area contributed by atoms with Gasteiger partial charge in [0.15, 0.2) is 4.77 Å². The van der Waals surface area contributed by atoms with E-state index in [-0.39, 0.29) is 11.6 Å². The fourth-order valence-corrected chi connectivity index (χ4v) is 2.74. The number of aromatic nitrogens is 2. The van der Waals surface area contributed by atoms with Crippen molar-refractivity contribution in [2.45, 2.75) is 6.54 Å². The maximum atomic E-state index is 13.7. The minimum absolute atomic E-state index is 0.303. The molecule has 2 aromatic carbocycles. The highest BCUT2D eigenvalue weighted by atomic mass is 79.9. The van der Waals surface area contributed by atoms with Crippen LogP contribution in [0.15, 0.2) is 40.9 Å². The standard InChI is InChI=1S/C14H9BrF2N2S/c15-10-5-12-13(6-11(10)17)19(14(20)18-12)7-8-2-1-3-9(16)4-8/h1-6H,7H2,(H,18,20). The molecule has 0 bridgehead atoms. The van der Waals surface area contributed by atoms with Gasteiger partial charge in [0.1, 0.15) is 11.6 Å². The van der Waals surface area contributed by atoms with Gasteiger partial charge in [0.2, 0.25) is 0 Å². The predicted octanol–water partition coefficient (Wildman–Crippen LogP) is 4.79. The van der Waals surface area contributed by atoms with Gasteiger partial charge in [0, 0.05) is 6.07 Å². The van der Waals surface area contributed by atoms with Crippen LogP contribution in [0.3, 0.4) is 0 Å². The van der Waals surface area contributed by atoms with Crippen LogP contribution in [-0.4, -0.2) is 9.55 Å². The summed E-state index contributed by atoms with van der Waals surface area (Å²) in [6.45, 7) is 0.387. The molecule has 3 rings (SSSR count). The Labute approximate surface area is 127 Å². The number of benzene rings is 2. The summed E-state index contributed by atoms with van der Waals surface area (Å²) in [6.07, 6.45) is 0. The first kappa shape index (κ1) is 13.5. The Bertz CT molecular complexity index is 854. The summed E-state index contributed by atoms with van der Waals surface area (Å²) in [5.74, 6) is -0.665. The molecule has 0 radical (unpaired) electrons. The third-order valence-corrected chi connectivity index (χ3v) is 3.98. The first-order valence-corrected chi connectivity index (χ1v) is 7.07. The number of H-pyrrole nitrogens is 1. The molecule has 1 N–H and O–H groups in total. The summed E-state index contributed by atoms with van der Waals surface area (Å²) in [5, 5.41) is 0. The Kier molecular flexibility index (Phi) is 3.43. The van der Waals surface area contributed by atoms with E-state index in [1.165, 1.54) is 18.2 Å². The highest BCUT2D eigenvalue weighted by Gasteiger charge is 2.09. The summed E-state index contributed by atoms with van der Waals surface area (Å²) in [7, 11) is 0. The van der Waals surface area contributed by atoms with Crippen LogP contribution in [0.4, 0.5) is 8.78 Å². The molecule has 0 amide bonds. The van der Waals surface area contributed by atoms with Gasteiger partial charge in [-0.15, -0.1) is 0 Å². The summed E-state index contributed by atoms with van der Waals surface area (Å²) < 4.78 is 29.5. The molecule has 0 aliphatic heterocycles. The molecule has 0 atom stereocenters. The van der Waals surface area contributed by atoms with Crippen LogP contribution in [-0.2, 0) is 6.54 Å². The third-order valence-electron chi connectivity index (χ3n) is 3.05. The number of imidazole rings is 1. The molecule has 0 saturated heterocycles. The molecule has 0 fully saturated rings.